The van der Waals surface area contributed by atoms with E-state index in [-0.39, 0.29) is 5.91 Å². The number of halogens is 2. The number of nitrogens with zero attached hydrogens (tertiary/aromatic N) is 3. The predicted octanol–water partition coefficient (Wildman–Crippen LogP) is 4.99. The average Bonchev–Trinajstić information content (AvgIpc) is 3.21. The Hall–Kier alpha value is -1.79. The van der Waals surface area contributed by atoms with Gasteiger partial charge in [-0.1, -0.05) is 36.0 Å². The number of likely N-dealkylation sites (tertiary alicyclic amines) is 1. The molecular formula is C22H30Cl2N4O2. The molecule has 1 saturated heterocycles. The van der Waals surface area contributed by atoms with E-state index in [0.717, 1.165) is 57.3 Å². The van der Waals surface area contributed by atoms with Crippen molar-refractivity contribution < 1.29 is 9.59 Å². The van der Waals surface area contributed by atoms with Crippen LogP contribution >= 0.6 is 23.2 Å². The summed E-state index contributed by atoms with van der Waals surface area (Å²) in [7, 11) is 0. The molecule has 3 rings (SSSR count). The van der Waals surface area contributed by atoms with Gasteiger partial charge in [-0.05, 0) is 50.3 Å². The minimum Gasteiger partial charge on any atom is -0.343 e. The van der Waals surface area contributed by atoms with Crippen LogP contribution in [0.3, 0.4) is 0 Å². The number of amidine groups is 1. The van der Waals surface area contributed by atoms with Gasteiger partial charge in [0.1, 0.15) is 5.84 Å². The molecule has 8 heteroatoms. The number of amides is 2. The standard InChI is InChI=1S/C22H30Cl2N4O2/c23-18-11-10-17(16-19(18)24)28-15-12-20(26-28)25-21(29)8-4-1-2-5-9-22(30)27-13-6-3-7-14-27/h10-11,16H,1-9,12-15H2,(H,25,26,29). The maximum absolute atomic E-state index is 12.2. The van der Waals surface area contributed by atoms with E-state index < -0.39 is 0 Å². The number of unbranched alkanes of at least 4 members (excludes halogenated alkanes) is 3. The van der Waals surface area contributed by atoms with E-state index in [9.17, 15) is 9.59 Å². The summed E-state index contributed by atoms with van der Waals surface area (Å²) in [6.07, 6.45) is 8.99. The lowest BCUT2D eigenvalue weighted by atomic mass is 10.1. The van der Waals surface area contributed by atoms with E-state index in [0.29, 0.717) is 47.6 Å². The molecule has 1 aromatic carbocycles. The van der Waals surface area contributed by atoms with Crippen LogP contribution in [0.15, 0.2) is 23.3 Å². The maximum Gasteiger partial charge on any atom is 0.225 e. The van der Waals surface area contributed by atoms with E-state index in [4.69, 9.17) is 23.2 Å². The number of carbonyl (C=O) groups excluding carboxylic acids is 2. The lowest BCUT2D eigenvalue weighted by Gasteiger charge is -2.26. The number of nitrogens with one attached hydrogen (secondary N) is 1. The molecule has 0 radical (unpaired) electrons. The Balaban J connectivity index is 1.29. The normalized spacial score (nSPS) is 16.5. The first-order chi connectivity index (χ1) is 14.5. The molecule has 30 heavy (non-hydrogen) atoms. The zero-order chi connectivity index (χ0) is 21.3. The molecule has 0 saturated carbocycles. The average molecular weight is 453 g/mol. The van der Waals surface area contributed by atoms with E-state index in [1.165, 1.54) is 6.42 Å². The van der Waals surface area contributed by atoms with Gasteiger partial charge in [-0.2, -0.15) is 5.10 Å². The Labute approximate surface area is 188 Å². The first kappa shape index (κ1) is 22.9. The van der Waals surface area contributed by atoms with Crippen molar-refractivity contribution in [3.05, 3.63) is 28.2 Å². The number of carbonyl (C=O) groups is 2. The van der Waals surface area contributed by atoms with Crippen LogP contribution in [0.1, 0.15) is 64.2 Å². The lowest BCUT2D eigenvalue weighted by Crippen LogP contribution is -2.35. The number of hydrogen-bond donors (Lipinski definition) is 1. The third-order valence-electron chi connectivity index (χ3n) is 5.54. The van der Waals surface area contributed by atoms with Crippen LogP contribution in [0.4, 0.5) is 5.69 Å². The van der Waals surface area contributed by atoms with Gasteiger partial charge >= 0.3 is 0 Å². The van der Waals surface area contributed by atoms with Crippen molar-refractivity contribution >= 4 is 46.5 Å². The van der Waals surface area contributed by atoms with Gasteiger partial charge in [-0.25, -0.2) is 0 Å². The van der Waals surface area contributed by atoms with E-state index >= 15 is 0 Å². The minimum atomic E-state index is -0.00543. The molecule has 0 aromatic heterocycles. The van der Waals surface area contributed by atoms with Crippen LogP contribution in [0.5, 0.6) is 0 Å². The molecule has 1 N–H and O–H groups in total. The monoisotopic (exact) mass is 452 g/mol. The van der Waals surface area contributed by atoms with Crippen LogP contribution < -0.4 is 10.3 Å². The van der Waals surface area contributed by atoms with Gasteiger partial charge in [-0.15, -0.1) is 0 Å². The Bertz CT molecular complexity index is 778. The van der Waals surface area contributed by atoms with Gasteiger partial charge in [0, 0.05) is 38.9 Å². The van der Waals surface area contributed by atoms with Crippen molar-refractivity contribution in [1.29, 1.82) is 0 Å². The smallest absolute Gasteiger partial charge is 0.225 e. The topological polar surface area (TPSA) is 65.0 Å². The third kappa shape index (κ3) is 6.88. The predicted molar refractivity (Wildman–Crippen MR) is 122 cm³/mol. The van der Waals surface area contributed by atoms with Gasteiger partial charge in [0.25, 0.3) is 0 Å². The van der Waals surface area contributed by atoms with Gasteiger partial charge in [0.2, 0.25) is 11.8 Å². The van der Waals surface area contributed by atoms with Crippen molar-refractivity contribution in [2.45, 2.75) is 64.2 Å². The van der Waals surface area contributed by atoms with E-state index in [1.54, 1.807) is 12.1 Å². The van der Waals surface area contributed by atoms with Crippen LogP contribution in [-0.4, -0.2) is 42.2 Å². The number of hydrazone groups is 1. The third-order valence-corrected chi connectivity index (χ3v) is 6.28. The quantitative estimate of drug-likeness (QED) is 0.565. The molecular weight excluding hydrogens is 423 g/mol. The highest BCUT2D eigenvalue weighted by atomic mass is 35.5. The Morgan fingerprint density at radius 1 is 0.933 bits per heavy atom. The fourth-order valence-corrected chi connectivity index (χ4v) is 4.11. The first-order valence-electron chi connectivity index (χ1n) is 10.9. The largest absolute Gasteiger partial charge is 0.343 e. The Morgan fingerprint density at radius 3 is 2.40 bits per heavy atom. The highest BCUT2D eigenvalue weighted by Gasteiger charge is 2.19. The fraction of sp³-hybridized carbons (Fsp3) is 0.591. The van der Waals surface area contributed by atoms with Crippen molar-refractivity contribution in [3.8, 4) is 0 Å². The molecule has 0 atom stereocenters. The summed E-state index contributed by atoms with van der Waals surface area (Å²) < 4.78 is 0. The number of hydrogen-bond acceptors (Lipinski definition) is 4. The van der Waals surface area contributed by atoms with Gasteiger partial charge < -0.3 is 10.2 Å². The highest BCUT2D eigenvalue weighted by molar-refractivity contribution is 6.42. The summed E-state index contributed by atoms with van der Waals surface area (Å²) in [6, 6.07) is 5.37. The second kappa shape index (κ2) is 11.6. The summed E-state index contributed by atoms with van der Waals surface area (Å²) in [5, 5.41) is 10.2. The summed E-state index contributed by atoms with van der Waals surface area (Å²) in [6.45, 7) is 2.54. The molecule has 0 spiro atoms. The highest BCUT2D eigenvalue weighted by Crippen LogP contribution is 2.28. The fourth-order valence-electron chi connectivity index (χ4n) is 3.82. The molecule has 2 heterocycles. The molecule has 164 valence electrons. The summed E-state index contributed by atoms with van der Waals surface area (Å²) in [5.41, 5.74) is 0.854. The van der Waals surface area contributed by atoms with E-state index in [1.807, 2.05) is 16.0 Å². The van der Waals surface area contributed by atoms with E-state index in [2.05, 4.69) is 10.4 Å². The molecule has 1 aromatic rings. The zero-order valence-electron chi connectivity index (χ0n) is 17.3. The molecule has 1 fully saturated rings. The minimum absolute atomic E-state index is 0.00543. The Morgan fingerprint density at radius 2 is 1.67 bits per heavy atom. The molecule has 2 amide bonds. The second-order valence-electron chi connectivity index (χ2n) is 7.92. The maximum atomic E-state index is 12.2. The summed E-state index contributed by atoms with van der Waals surface area (Å²) in [4.78, 5) is 26.3. The number of piperidine rings is 1. The lowest BCUT2D eigenvalue weighted by molar-refractivity contribution is -0.132. The van der Waals surface area contributed by atoms with Crippen LogP contribution in [-0.2, 0) is 9.59 Å². The van der Waals surface area contributed by atoms with Crippen molar-refractivity contribution in [2.24, 2.45) is 5.10 Å². The number of benzene rings is 1. The summed E-state index contributed by atoms with van der Waals surface area (Å²) in [5.74, 6) is 0.963. The van der Waals surface area contributed by atoms with Crippen LogP contribution in [0.25, 0.3) is 0 Å². The van der Waals surface area contributed by atoms with Crippen LogP contribution in [0.2, 0.25) is 10.0 Å². The van der Waals surface area contributed by atoms with Gasteiger partial charge in [-0.3, -0.25) is 14.6 Å². The van der Waals surface area contributed by atoms with Gasteiger partial charge in [0.05, 0.1) is 15.7 Å². The summed E-state index contributed by atoms with van der Waals surface area (Å²) >= 11 is 12.0. The van der Waals surface area contributed by atoms with Crippen molar-refractivity contribution in [2.75, 3.05) is 24.6 Å². The zero-order valence-corrected chi connectivity index (χ0v) is 18.9. The molecule has 2 aliphatic rings. The second-order valence-corrected chi connectivity index (χ2v) is 8.74. The SMILES string of the molecule is O=C(CCCCCCC(=O)N1CCCCC1)NC1=NN(c2ccc(Cl)c(Cl)c2)CC1. The van der Waals surface area contributed by atoms with Crippen LogP contribution in [0, 0.1) is 0 Å². The molecule has 0 bridgehead atoms. The molecule has 0 aliphatic carbocycles. The van der Waals surface area contributed by atoms with Crippen molar-refractivity contribution in [3.63, 3.8) is 0 Å². The van der Waals surface area contributed by atoms with Gasteiger partial charge in [0.15, 0.2) is 0 Å². The molecule has 2 aliphatic heterocycles. The number of rotatable bonds is 8. The molecule has 0 unspecified atom stereocenters. The molecule has 6 nitrogen and oxygen atoms in total. The Kier molecular flexibility index (Phi) is 8.82. The number of anilines is 1. The first-order valence-corrected chi connectivity index (χ1v) is 11.7. The van der Waals surface area contributed by atoms with Crippen molar-refractivity contribution in [1.82, 2.24) is 10.2 Å².